The third-order valence-corrected chi connectivity index (χ3v) is 5.21. The summed E-state index contributed by atoms with van der Waals surface area (Å²) in [6.45, 7) is -0.860. The Balaban J connectivity index is 1.69. The smallest absolute Gasteiger partial charge is 0.341 e. The number of aromatic nitrogens is 4. The minimum absolute atomic E-state index is 0.0619. The number of para-hydroxylation sites is 1. The molecule has 1 saturated carbocycles. The van der Waals surface area contributed by atoms with Crippen LogP contribution in [0.2, 0.25) is 0 Å². The lowest BCUT2D eigenvalue weighted by atomic mass is 10.1. The summed E-state index contributed by atoms with van der Waals surface area (Å²) in [7, 11) is 1.42. The van der Waals surface area contributed by atoms with Gasteiger partial charge in [-0.25, -0.2) is 14.8 Å². The van der Waals surface area contributed by atoms with Crippen molar-refractivity contribution in [3.8, 4) is 17.1 Å². The Labute approximate surface area is 211 Å². The van der Waals surface area contributed by atoms with Gasteiger partial charge in [0.2, 0.25) is 5.91 Å². The lowest BCUT2D eigenvalue weighted by Gasteiger charge is -2.16. The van der Waals surface area contributed by atoms with E-state index in [0.29, 0.717) is 11.3 Å². The van der Waals surface area contributed by atoms with Gasteiger partial charge in [-0.2, -0.15) is 0 Å². The maximum atomic E-state index is 12.7. The second kappa shape index (κ2) is 10.8. The molecule has 0 unspecified atom stereocenters. The predicted octanol–water partition coefficient (Wildman–Crippen LogP) is 2.57. The SMILES string of the molecule is [2H]C([2H])([2H])NC(=O)c1nnc(NC(=O)C2CC2)cc1Nc1cccc(-c2ncc(C(=O)OCC)cn2)c1OC. The van der Waals surface area contributed by atoms with E-state index in [4.69, 9.17) is 13.6 Å². The van der Waals surface area contributed by atoms with Crippen LogP contribution in [0.1, 0.15) is 44.7 Å². The number of carbonyl (C=O) groups is 3. The second-order valence-electron chi connectivity index (χ2n) is 7.74. The second-order valence-corrected chi connectivity index (χ2v) is 7.74. The number of rotatable bonds is 9. The fourth-order valence-electron chi connectivity index (χ4n) is 3.31. The Morgan fingerprint density at radius 1 is 1.14 bits per heavy atom. The van der Waals surface area contributed by atoms with Gasteiger partial charge in [-0.1, -0.05) is 6.07 Å². The predicted molar refractivity (Wildman–Crippen MR) is 130 cm³/mol. The summed E-state index contributed by atoms with van der Waals surface area (Å²) in [6.07, 6.45) is 4.21. The lowest BCUT2D eigenvalue weighted by Crippen LogP contribution is -2.22. The molecule has 36 heavy (non-hydrogen) atoms. The molecule has 0 aliphatic heterocycles. The first-order chi connectivity index (χ1) is 18.6. The standard InChI is InChI=1S/C24H25N7O5/c1-4-36-24(34)14-11-26-21(27-12-14)15-6-5-7-16(20(15)35-3)28-17-10-18(29-22(32)13-8-9-13)30-31-19(17)23(33)25-2/h5-7,10-13H,4,8-9H2,1-3H3,(H,25,33)(H2,28,29,30,32)/i2D3. The number of amides is 2. The Morgan fingerprint density at radius 3 is 2.58 bits per heavy atom. The summed E-state index contributed by atoms with van der Waals surface area (Å²) in [6, 6.07) is 6.38. The molecule has 0 radical (unpaired) electrons. The number of nitrogens with zero attached hydrogens (tertiary/aromatic N) is 4. The van der Waals surface area contributed by atoms with E-state index in [-0.39, 0.29) is 52.8 Å². The van der Waals surface area contributed by atoms with E-state index in [2.05, 4.69) is 30.8 Å². The summed E-state index contributed by atoms with van der Waals surface area (Å²) in [5.74, 6) is -1.28. The van der Waals surface area contributed by atoms with Crippen molar-refractivity contribution in [1.29, 1.82) is 0 Å². The minimum atomic E-state index is -2.76. The van der Waals surface area contributed by atoms with Crippen LogP contribution in [0.5, 0.6) is 5.75 Å². The number of carbonyl (C=O) groups excluding carboxylic acids is 3. The Bertz CT molecular complexity index is 1400. The van der Waals surface area contributed by atoms with Crippen LogP contribution < -0.4 is 20.7 Å². The molecule has 1 aromatic carbocycles. The first-order valence-electron chi connectivity index (χ1n) is 12.5. The van der Waals surface area contributed by atoms with E-state index in [1.54, 1.807) is 25.1 Å². The van der Waals surface area contributed by atoms with Gasteiger partial charge in [0, 0.05) is 35.5 Å². The Hall–Kier alpha value is -4.61. The third-order valence-electron chi connectivity index (χ3n) is 5.21. The van der Waals surface area contributed by atoms with Gasteiger partial charge >= 0.3 is 5.97 Å². The molecule has 2 heterocycles. The van der Waals surface area contributed by atoms with Crippen LogP contribution in [-0.2, 0) is 9.53 Å². The summed E-state index contributed by atoms with van der Waals surface area (Å²) in [4.78, 5) is 45.4. The topological polar surface area (TPSA) is 157 Å². The molecule has 186 valence electrons. The first kappa shape index (κ1) is 20.7. The van der Waals surface area contributed by atoms with Crippen molar-refractivity contribution < 1.29 is 28.0 Å². The highest BCUT2D eigenvalue weighted by Crippen LogP contribution is 2.37. The number of nitrogens with one attached hydrogen (secondary N) is 3. The van der Waals surface area contributed by atoms with Crippen LogP contribution in [-0.4, -0.2) is 58.6 Å². The van der Waals surface area contributed by atoms with Crippen molar-refractivity contribution in [1.82, 2.24) is 25.5 Å². The average molecular weight is 495 g/mol. The summed E-state index contributed by atoms with van der Waals surface area (Å²) < 4.78 is 32.6. The molecule has 2 aromatic heterocycles. The zero-order chi connectivity index (χ0) is 28.2. The number of anilines is 3. The van der Waals surface area contributed by atoms with Crippen LogP contribution in [0.15, 0.2) is 36.7 Å². The fourth-order valence-corrected chi connectivity index (χ4v) is 3.31. The highest BCUT2D eigenvalue weighted by molar-refractivity contribution is 6.00. The molecule has 1 fully saturated rings. The molecule has 0 atom stereocenters. The number of methoxy groups -OCH3 is 1. The largest absolute Gasteiger partial charge is 0.494 e. The van der Waals surface area contributed by atoms with E-state index in [0.717, 1.165) is 12.8 Å². The maximum absolute atomic E-state index is 12.7. The molecule has 1 aliphatic rings. The minimum Gasteiger partial charge on any atom is -0.494 e. The first-order valence-corrected chi connectivity index (χ1v) is 11.0. The fraction of sp³-hybridized carbons (Fsp3) is 0.292. The summed E-state index contributed by atoms with van der Waals surface area (Å²) >= 11 is 0. The van der Waals surface area contributed by atoms with Crippen LogP contribution >= 0.6 is 0 Å². The monoisotopic (exact) mass is 494 g/mol. The normalized spacial score (nSPS) is 14.0. The molecule has 3 N–H and O–H groups in total. The number of esters is 1. The lowest BCUT2D eigenvalue weighted by molar-refractivity contribution is -0.117. The van der Waals surface area contributed by atoms with Crippen molar-refractivity contribution in [2.75, 3.05) is 31.3 Å². The van der Waals surface area contributed by atoms with Crippen molar-refractivity contribution in [2.45, 2.75) is 19.8 Å². The van der Waals surface area contributed by atoms with Crippen LogP contribution in [0.4, 0.5) is 17.2 Å². The Kier molecular flexibility index (Phi) is 6.20. The molecule has 12 nitrogen and oxygen atoms in total. The van der Waals surface area contributed by atoms with E-state index in [1.165, 1.54) is 25.6 Å². The van der Waals surface area contributed by atoms with Gasteiger partial charge < -0.3 is 25.4 Å². The molecule has 0 bridgehead atoms. The van der Waals surface area contributed by atoms with Gasteiger partial charge in [0.1, 0.15) is 0 Å². The van der Waals surface area contributed by atoms with Gasteiger partial charge in [0.05, 0.1) is 36.2 Å². The van der Waals surface area contributed by atoms with Crippen molar-refractivity contribution >= 4 is 35.0 Å². The van der Waals surface area contributed by atoms with Gasteiger partial charge in [0.25, 0.3) is 5.91 Å². The maximum Gasteiger partial charge on any atom is 0.341 e. The van der Waals surface area contributed by atoms with Gasteiger partial charge in [-0.15, -0.1) is 10.2 Å². The molecule has 0 saturated heterocycles. The summed E-state index contributed by atoms with van der Waals surface area (Å²) in [5, 5.41) is 15.3. The van der Waals surface area contributed by atoms with Crippen molar-refractivity contribution in [3.05, 3.63) is 47.9 Å². The molecule has 3 aromatic rings. The van der Waals surface area contributed by atoms with E-state index in [1.807, 2.05) is 5.32 Å². The number of hydrogen-bond donors (Lipinski definition) is 3. The highest BCUT2D eigenvalue weighted by Gasteiger charge is 2.30. The van der Waals surface area contributed by atoms with Crippen molar-refractivity contribution in [3.63, 3.8) is 0 Å². The third kappa shape index (κ3) is 5.37. The van der Waals surface area contributed by atoms with Gasteiger partial charge in [-0.05, 0) is 31.9 Å². The van der Waals surface area contributed by atoms with Crippen LogP contribution in [0, 0.1) is 5.92 Å². The van der Waals surface area contributed by atoms with Crippen LogP contribution in [0.3, 0.4) is 0 Å². The van der Waals surface area contributed by atoms with Crippen LogP contribution in [0.25, 0.3) is 11.4 Å². The van der Waals surface area contributed by atoms with E-state index in [9.17, 15) is 14.4 Å². The van der Waals surface area contributed by atoms with Crippen molar-refractivity contribution in [2.24, 2.45) is 5.92 Å². The zero-order valence-electron chi connectivity index (χ0n) is 22.5. The molecule has 1 aliphatic carbocycles. The average Bonchev–Trinajstić information content (AvgIpc) is 3.74. The molecular weight excluding hydrogens is 466 g/mol. The number of hydrogen-bond acceptors (Lipinski definition) is 10. The molecule has 12 heteroatoms. The highest BCUT2D eigenvalue weighted by atomic mass is 16.5. The number of ether oxygens (including phenoxy) is 2. The molecule has 2 amide bonds. The Morgan fingerprint density at radius 2 is 1.92 bits per heavy atom. The molecular formula is C24H25N7O5. The van der Waals surface area contributed by atoms with E-state index < -0.39 is 18.9 Å². The van der Waals surface area contributed by atoms with E-state index >= 15 is 0 Å². The van der Waals surface area contributed by atoms with Gasteiger partial charge in [-0.3, -0.25) is 9.59 Å². The summed E-state index contributed by atoms with van der Waals surface area (Å²) in [5.41, 5.74) is 0.728. The quantitative estimate of drug-likeness (QED) is 0.378. The number of benzene rings is 1. The zero-order valence-corrected chi connectivity index (χ0v) is 19.5. The molecule has 4 rings (SSSR count). The van der Waals surface area contributed by atoms with Gasteiger partial charge in [0.15, 0.2) is 23.1 Å². The molecule has 0 spiro atoms.